The van der Waals surface area contributed by atoms with Crippen LogP contribution in [0.1, 0.15) is 45.8 Å². The zero-order valence-corrected chi connectivity index (χ0v) is 23.9. The lowest BCUT2D eigenvalue weighted by molar-refractivity contribution is -0.105. The number of carbonyl (C=O) groups excluding carboxylic acids is 1. The number of halogens is 2. The number of nitriles is 2. The molecule has 216 valence electrons. The van der Waals surface area contributed by atoms with E-state index in [2.05, 4.69) is 16.2 Å². The summed E-state index contributed by atoms with van der Waals surface area (Å²) in [5.74, 6) is -0.862. The molecule has 1 aliphatic carbocycles. The van der Waals surface area contributed by atoms with Crippen molar-refractivity contribution in [2.45, 2.75) is 37.3 Å². The molecule has 1 N–H and O–H groups in total. The lowest BCUT2D eigenvalue weighted by atomic mass is 9.78. The molecule has 0 spiro atoms. The van der Waals surface area contributed by atoms with E-state index in [0.29, 0.717) is 40.4 Å². The Morgan fingerprint density at radius 3 is 2.53 bits per heavy atom. The molecule has 9 nitrogen and oxygen atoms in total. The van der Waals surface area contributed by atoms with Crippen molar-refractivity contribution in [3.63, 3.8) is 0 Å². The fourth-order valence-corrected chi connectivity index (χ4v) is 5.77. The third-order valence-corrected chi connectivity index (χ3v) is 8.45. The molecule has 1 fully saturated rings. The van der Waals surface area contributed by atoms with Gasteiger partial charge in [0.1, 0.15) is 29.7 Å². The summed E-state index contributed by atoms with van der Waals surface area (Å²) in [5.41, 5.74) is -0.294. The lowest BCUT2D eigenvalue weighted by Gasteiger charge is -2.37. The van der Waals surface area contributed by atoms with Crippen molar-refractivity contribution < 1.29 is 19.1 Å². The van der Waals surface area contributed by atoms with Crippen LogP contribution in [0.3, 0.4) is 0 Å². The number of rotatable bonds is 9. The van der Waals surface area contributed by atoms with Gasteiger partial charge in [0.05, 0.1) is 28.8 Å². The monoisotopic (exact) mass is 596 g/mol. The molecule has 1 aliphatic heterocycles. The van der Waals surface area contributed by atoms with Gasteiger partial charge < -0.3 is 9.84 Å². The van der Waals surface area contributed by atoms with Crippen LogP contribution in [0.4, 0.5) is 4.48 Å². The average molecular weight is 597 g/mol. The highest BCUT2D eigenvalue weighted by atomic mass is 35.5. The normalized spacial score (nSPS) is 18.9. The van der Waals surface area contributed by atoms with E-state index in [1.165, 1.54) is 6.07 Å². The van der Waals surface area contributed by atoms with E-state index >= 15 is 4.48 Å². The van der Waals surface area contributed by atoms with E-state index in [0.717, 1.165) is 0 Å². The standard InChI is InChI=1S/C32H26ClFN6O3/c1-39-14-11-22(38-39)15-27(41)32(16-23-3-2-4-24(17-35)37-23)26-10-9-25(20-5-7-21(33)8-6-20)29(28(26)30(42)40(32)34)43-19-31(18-36)12-13-31/h2-11,14,27,41H,12-13,15-16,19H2,1H3/t27?,32-/m1/s1. The van der Waals surface area contributed by atoms with Crippen molar-refractivity contribution in [1.29, 1.82) is 10.5 Å². The summed E-state index contributed by atoms with van der Waals surface area (Å²) in [5, 5.41) is 35.9. The van der Waals surface area contributed by atoms with Gasteiger partial charge in [0.15, 0.2) is 0 Å². The smallest absolute Gasteiger partial charge is 0.286 e. The number of aliphatic hydroxyl groups excluding tert-OH is 1. The number of hydrogen-bond acceptors (Lipinski definition) is 7. The van der Waals surface area contributed by atoms with Crippen LogP contribution in [0.15, 0.2) is 66.9 Å². The Bertz CT molecular complexity index is 1810. The molecule has 6 rings (SSSR count). The van der Waals surface area contributed by atoms with Gasteiger partial charge in [0.25, 0.3) is 5.91 Å². The van der Waals surface area contributed by atoms with Crippen LogP contribution in [-0.4, -0.2) is 43.6 Å². The first kappa shape index (κ1) is 28.4. The van der Waals surface area contributed by atoms with Crippen molar-refractivity contribution >= 4 is 17.5 Å². The van der Waals surface area contributed by atoms with Crippen LogP contribution in [-0.2, 0) is 25.4 Å². The molecule has 0 radical (unpaired) electrons. The number of hydrogen-bond donors (Lipinski definition) is 1. The molecule has 4 aromatic rings. The van der Waals surface area contributed by atoms with Crippen LogP contribution >= 0.6 is 11.6 Å². The number of nitrogens with zero attached hydrogens (tertiary/aromatic N) is 6. The van der Waals surface area contributed by atoms with E-state index < -0.39 is 23.0 Å². The van der Waals surface area contributed by atoms with E-state index in [9.17, 15) is 20.4 Å². The summed E-state index contributed by atoms with van der Waals surface area (Å²) in [6.07, 6.45) is 1.26. The second-order valence-electron chi connectivity index (χ2n) is 11.1. The zero-order valence-electron chi connectivity index (χ0n) is 23.2. The highest BCUT2D eigenvalue weighted by molar-refractivity contribution is 6.30. The zero-order chi connectivity index (χ0) is 30.4. The molecule has 0 bridgehead atoms. The maximum absolute atomic E-state index is 16.7. The quantitative estimate of drug-likeness (QED) is 0.267. The fourth-order valence-electron chi connectivity index (χ4n) is 5.65. The Balaban J connectivity index is 1.54. The number of aromatic nitrogens is 3. The minimum Gasteiger partial charge on any atom is -0.490 e. The molecule has 2 aliphatic rings. The van der Waals surface area contributed by atoms with Crippen LogP contribution in [0, 0.1) is 28.1 Å². The first-order valence-corrected chi connectivity index (χ1v) is 14.1. The number of ether oxygens (including phenoxy) is 1. The van der Waals surface area contributed by atoms with Crippen LogP contribution in [0.2, 0.25) is 5.02 Å². The molecule has 43 heavy (non-hydrogen) atoms. The van der Waals surface area contributed by atoms with Gasteiger partial charge in [-0.3, -0.25) is 9.48 Å². The number of benzene rings is 2. The Labute approximate surface area is 252 Å². The molecular formula is C32H26ClFN6O3. The van der Waals surface area contributed by atoms with E-state index in [-0.39, 0.29) is 47.1 Å². The second kappa shape index (κ2) is 10.8. The maximum Gasteiger partial charge on any atom is 0.286 e. The predicted octanol–water partition coefficient (Wildman–Crippen LogP) is 5.07. The van der Waals surface area contributed by atoms with E-state index in [1.54, 1.807) is 72.5 Å². The topological polar surface area (TPSA) is 128 Å². The molecule has 2 aromatic carbocycles. The summed E-state index contributed by atoms with van der Waals surface area (Å²) < 4.78 is 24.5. The lowest BCUT2D eigenvalue weighted by Crippen LogP contribution is -2.51. The molecule has 2 aromatic heterocycles. The van der Waals surface area contributed by atoms with Crippen LogP contribution < -0.4 is 4.74 Å². The molecular weight excluding hydrogens is 571 g/mol. The molecule has 1 unspecified atom stereocenters. The fraction of sp³-hybridized carbons (Fsp3) is 0.281. The summed E-state index contributed by atoms with van der Waals surface area (Å²) in [4.78, 5) is 18.3. The van der Waals surface area contributed by atoms with Crippen LogP contribution in [0.25, 0.3) is 11.1 Å². The molecule has 1 saturated carbocycles. The van der Waals surface area contributed by atoms with Gasteiger partial charge in [-0.25, -0.2) is 4.98 Å². The summed E-state index contributed by atoms with van der Waals surface area (Å²) >= 11 is 6.12. The first-order valence-electron chi connectivity index (χ1n) is 13.7. The number of amides is 1. The van der Waals surface area contributed by atoms with Crippen molar-refractivity contribution in [2.24, 2.45) is 12.5 Å². The van der Waals surface area contributed by atoms with E-state index in [4.69, 9.17) is 16.3 Å². The number of carbonyl (C=O) groups is 1. The van der Waals surface area contributed by atoms with Crippen LogP contribution in [0.5, 0.6) is 5.75 Å². The number of aryl methyl sites for hydroxylation is 1. The van der Waals surface area contributed by atoms with Gasteiger partial charge in [0, 0.05) is 47.9 Å². The number of fused-ring (bicyclic) bond motifs is 1. The predicted molar refractivity (Wildman–Crippen MR) is 154 cm³/mol. The van der Waals surface area contributed by atoms with Gasteiger partial charge in [0.2, 0.25) is 0 Å². The molecule has 0 saturated heterocycles. The van der Waals surface area contributed by atoms with Gasteiger partial charge in [-0.1, -0.05) is 46.4 Å². The summed E-state index contributed by atoms with van der Waals surface area (Å²) in [6.45, 7) is 0.0232. The highest BCUT2D eigenvalue weighted by Gasteiger charge is 2.57. The molecule has 11 heteroatoms. The maximum atomic E-state index is 16.7. The molecule has 3 heterocycles. The van der Waals surface area contributed by atoms with E-state index in [1.807, 2.05) is 6.07 Å². The summed E-state index contributed by atoms with van der Waals surface area (Å²) in [6, 6.07) is 21.0. The number of aliphatic hydroxyl groups is 1. The number of pyridine rings is 1. The SMILES string of the molecule is Cn1ccc(CC(O)[C@@]2(Cc3cccc(C#N)n3)c3ccc(-c4ccc(Cl)cc4)c(OCC4(C#N)CC4)c3C(=O)N2F)n1. The third-order valence-electron chi connectivity index (χ3n) is 8.20. The average Bonchev–Trinajstić information content (AvgIpc) is 3.64. The van der Waals surface area contributed by atoms with Crippen molar-refractivity contribution in [3.8, 4) is 29.0 Å². The molecule has 2 atom stereocenters. The minimum absolute atomic E-state index is 0.0232. The largest absolute Gasteiger partial charge is 0.490 e. The third kappa shape index (κ3) is 4.99. The van der Waals surface area contributed by atoms with Gasteiger partial charge in [-0.15, -0.1) is 0 Å². The van der Waals surface area contributed by atoms with Crippen molar-refractivity contribution in [3.05, 3.63) is 100 Å². The Morgan fingerprint density at radius 1 is 1.12 bits per heavy atom. The first-order chi connectivity index (χ1) is 20.7. The van der Waals surface area contributed by atoms with Gasteiger partial charge in [-0.2, -0.15) is 20.7 Å². The second-order valence-corrected chi connectivity index (χ2v) is 11.5. The van der Waals surface area contributed by atoms with Crippen molar-refractivity contribution in [2.75, 3.05) is 6.61 Å². The highest BCUT2D eigenvalue weighted by Crippen LogP contribution is 2.52. The van der Waals surface area contributed by atoms with Gasteiger partial charge in [-0.05, 0) is 48.7 Å². The molecule has 1 amide bonds. The Kier molecular flexibility index (Phi) is 7.13. The minimum atomic E-state index is -1.92. The van der Waals surface area contributed by atoms with Gasteiger partial charge >= 0.3 is 0 Å². The summed E-state index contributed by atoms with van der Waals surface area (Å²) in [7, 11) is 1.73. The Hall–Kier alpha value is -4.77. The Morgan fingerprint density at radius 2 is 1.88 bits per heavy atom. The van der Waals surface area contributed by atoms with Crippen molar-refractivity contribution in [1.82, 2.24) is 19.9 Å².